The Hall–Kier alpha value is -1.95. The molecule has 0 heterocycles. The lowest BCUT2D eigenvalue weighted by molar-refractivity contribution is 0.110. The first-order chi connectivity index (χ1) is 12.8. The van der Waals surface area contributed by atoms with Gasteiger partial charge in [0.05, 0.1) is 6.61 Å². The molecule has 0 aromatic heterocycles. The molecule has 0 aliphatic heterocycles. The monoisotopic (exact) mass is 378 g/mol. The minimum atomic E-state index is -0.695. The number of hydrogen-bond donors (Lipinski definition) is 2. The second-order valence-corrected chi connectivity index (χ2v) is 8.22. The first kappa shape index (κ1) is 21.4. The normalized spacial score (nSPS) is 19.7. The second-order valence-electron chi connectivity index (χ2n) is 8.22. The lowest BCUT2D eigenvalue weighted by Gasteiger charge is -2.24. The lowest BCUT2D eigenvalue weighted by atomic mass is 9.86. The molecule has 0 radical (unpaired) electrons. The van der Waals surface area contributed by atoms with Crippen LogP contribution in [0.5, 0.6) is 5.75 Å². The molecule has 1 saturated carbocycles. The molecule has 3 N–H and O–H groups in total. The minimum absolute atomic E-state index is 0.00811. The summed E-state index contributed by atoms with van der Waals surface area (Å²) in [5.41, 5.74) is 7.35. The van der Waals surface area contributed by atoms with Crippen LogP contribution in [0, 0.1) is 0 Å². The van der Waals surface area contributed by atoms with E-state index in [2.05, 4.69) is 44.3 Å². The molecule has 0 saturated heterocycles. The lowest BCUT2D eigenvalue weighted by Crippen LogP contribution is -2.23. The topological polar surface area (TPSA) is 82.8 Å². The van der Waals surface area contributed by atoms with Gasteiger partial charge in [-0.15, -0.1) is 0 Å². The number of nitrogens with one attached hydrogen (secondary N) is 1. The van der Waals surface area contributed by atoms with Gasteiger partial charge < -0.3 is 25.3 Å². The van der Waals surface area contributed by atoms with E-state index >= 15 is 0 Å². The van der Waals surface area contributed by atoms with Gasteiger partial charge in [0.2, 0.25) is 0 Å². The van der Waals surface area contributed by atoms with Gasteiger partial charge in [0.1, 0.15) is 11.9 Å². The van der Waals surface area contributed by atoms with Crippen molar-refractivity contribution < 1.29 is 19.0 Å². The molecular formula is C21H34N2O4. The number of ether oxygens (including phenoxy) is 3. The number of carbonyl (C=O) groups is 1. The Morgan fingerprint density at radius 3 is 2.63 bits per heavy atom. The van der Waals surface area contributed by atoms with Gasteiger partial charge in [0.15, 0.2) is 0 Å². The largest absolute Gasteiger partial charge is 0.493 e. The van der Waals surface area contributed by atoms with E-state index in [1.807, 2.05) is 0 Å². The zero-order valence-electron chi connectivity index (χ0n) is 17.0. The Bertz CT molecular complexity index is 613. The summed E-state index contributed by atoms with van der Waals surface area (Å²) in [7, 11) is 1.72. The Kier molecular flexibility index (Phi) is 7.78. The molecular weight excluding hydrogens is 344 g/mol. The third-order valence-electron chi connectivity index (χ3n) is 4.83. The Morgan fingerprint density at radius 1 is 1.22 bits per heavy atom. The first-order valence-electron chi connectivity index (χ1n) is 9.78. The Balaban J connectivity index is 2.00. The summed E-state index contributed by atoms with van der Waals surface area (Å²) in [5, 5.41) is 3.54. The number of amides is 1. The highest BCUT2D eigenvalue weighted by atomic mass is 16.6. The zero-order valence-corrected chi connectivity index (χ0v) is 17.0. The quantitative estimate of drug-likeness (QED) is 0.629. The van der Waals surface area contributed by atoms with Gasteiger partial charge in [-0.3, -0.25) is 0 Å². The first-order valence-corrected chi connectivity index (χ1v) is 9.78. The summed E-state index contributed by atoms with van der Waals surface area (Å²) in [6.07, 6.45) is 3.73. The summed E-state index contributed by atoms with van der Waals surface area (Å²) in [4.78, 5) is 10.9. The van der Waals surface area contributed by atoms with Crippen LogP contribution in [0.1, 0.15) is 58.4 Å². The number of anilines is 1. The summed E-state index contributed by atoms with van der Waals surface area (Å²) in [5.74, 6) is 0.924. The number of benzene rings is 1. The predicted molar refractivity (Wildman–Crippen MR) is 107 cm³/mol. The van der Waals surface area contributed by atoms with E-state index in [1.54, 1.807) is 7.11 Å². The van der Waals surface area contributed by atoms with Gasteiger partial charge in [0, 0.05) is 37.9 Å². The summed E-state index contributed by atoms with van der Waals surface area (Å²) in [6, 6.07) is 6.59. The molecule has 1 aromatic rings. The number of unbranched alkanes of at least 4 members (excludes halogenated alkanes) is 1. The highest BCUT2D eigenvalue weighted by Gasteiger charge is 2.27. The molecule has 27 heavy (non-hydrogen) atoms. The molecule has 1 aromatic carbocycles. The molecule has 2 atom stereocenters. The van der Waals surface area contributed by atoms with Crippen molar-refractivity contribution >= 4 is 11.8 Å². The van der Waals surface area contributed by atoms with Crippen molar-refractivity contribution in [2.24, 2.45) is 5.73 Å². The van der Waals surface area contributed by atoms with Crippen molar-refractivity contribution in [3.8, 4) is 5.75 Å². The Morgan fingerprint density at radius 2 is 1.96 bits per heavy atom. The van der Waals surface area contributed by atoms with Crippen LogP contribution in [0.2, 0.25) is 0 Å². The fourth-order valence-corrected chi connectivity index (χ4v) is 3.46. The standard InChI is InChI=1S/C21H34N2O4/c1-21(2,3)18-10-8-16(14-19(18)26-12-6-5-11-25-4)23-15-7-9-17(13-15)27-20(22)24/h8,10,14-15,17,23H,5-7,9,11-13H2,1-4H3,(H2,22,24). The summed E-state index contributed by atoms with van der Waals surface area (Å²) >= 11 is 0. The van der Waals surface area contributed by atoms with Gasteiger partial charge in [-0.2, -0.15) is 0 Å². The average molecular weight is 379 g/mol. The van der Waals surface area contributed by atoms with Crippen LogP contribution >= 0.6 is 0 Å². The third-order valence-corrected chi connectivity index (χ3v) is 4.83. The third kappa shape index (κ3) is 6.94. The molecule has 1 fully saturated rings. The zero-order chi connectivity index (χ0) is 19.9. The van der Waals surface area contributed by atoms with E-state index in [9.17, 15) is 4.79 Å². The molecule has 0 spiro atoms. The number of nitrogens with two attached hydrogens (primary N) is 1. The van der Waals surface area contributed by atoms with Gasteiger partial charge in [-0.05, 0) is 42.7 Å². The molecule has 1 aliphatic carbocycles. The molecule has 1 amide bonds. The van der Waals surface area contributed by atoms with Crippen molar-refractivity contribution in [1.29, 1.82) is 0 Å². The number of rotatable bonds is 9. The predicted octanol–water partition coefficient (Wildman–Crippen LogP) is 4.22. The minimum Gasteiger partial charge on any atom is -0.493 e. The maximum absolute atomic E-state index is 10.9. The molecule has 152 valence electrons. The van der Waals surface area contributed by atoms with E-state index in [1.165, 1.54) is 5.56 Å². The van der Waals surface area contributed by atoms with Crippen molar-refractivity contribution in [3.63, 3.8) is 0 Å². The number of hydrogen-bond acceptors (Lipinski definition) is 5. The van der Waals surface area contributed by atoms with Crippen LogP contribution in [-0.4, -0.2) is 38.6 Å². The van der Waals surface area contributed by atoms with Crippen LogP contribution in [-0.2, 0) is 14.9 Å². The molecule has 6 heteroatoms. The van der Waals surface area contributed by atoms with Gasteiger partial charge in [0.25, 0.3) is 0 Å². The van der Waals surface area contributed by atoms with Crippen LogP contribution in [0.15, 0.2) is 18.2 Å². The van der Waals surface area contributed by atoms with E-state index < -0.39 is 6.09 Å². The number of carbonyl (C=O) groups excluding carboxylic acids is 1. The van der Waals surface area contributed by atoms with E-state index in [0.29, 0.717) is 6.61 Å². The highest BCUT2D eigenvalue weighted by molar-refractivity contribution is 5.64. The van der Waals surface area contributed by atoms with Crippen LogP contribution < -0.4 is 15.8 Å². The second kappa shape index (κ2) is 9.83. The van der Waals surface area contributed by atoms with Crippen molar-refractivity contribution in [1.82, 2.24) is 0 Å². The molecule has 2 rings (SSSR count). The average Bonchev–Trinajstić information content (AvgIpc) is 3.00. The maximum atomic E-state index is 10.9. The summed E-state index contributed by atoms with van der Waals surface area (Å²) < 4.78 is 16.3. The number of primary amides is 1. The number of methoxy groups -OCH3 is 1. The van der Waals surface area contributed by atoms with Crippen molar-refractivity contribution in [3.05, 3.63) is 23.8 Å². The smallest absolute Gasteiger partial charge is 0.404 e. The molecule has 1 aliphatic rings. The fraction of sp³-hybridized carbons (Fsp3) is 0.667. The SMILES string of the molecule is COCCCCOc1cc(NC2CCC(OC(N)=O)C2)ccc1C(C)(C)C. The summed E-state index contributed by atoms with van der Waals surface area (Å²) in [6.45, 7) is 8.00. The molecule has 0 bridgehead atoms. The van der Waals surface area contributed by atoms with E-state index in [0.717, 1.165) is 50.1 Å². The van der Waals surface area contributed by atoms with Crippen LogP contribution in [0.4, 0.5) is 10.5 Å². The highest BCUT2D eigenvalue weighted by Crippen LogP contribution is 2.35. The van der Waals surface area contributed by atoms with Gasteiger partial charge >= 0.3 is 6.09 Å². The molecule has 2 unspecified atom stereocenters. The van der Waals surface area contributed by atoms with E-state index in [-0.39, 0.29) is 17.6 Å². The Labute approximate surface area is 162 Å². The molecule has 6 nitrogen and oxygen atoms in total. The van der Waals surface area contributed by atoms with Gasteiger partial charge in [-0.25, -0.2) is 4.79 Å². The maximum Gasteiger partial charge on any atom is 0.404 e. The van der Waals surface area contributed by atoms with Gasteiger partial charge in [-0.1, -0.05) is 26.8 Å². The fourth-order valence-electron chi connectivity index (χ4n) is 3.46. The van der Waals surface area contributed by atoms with Crippen molar-refractivity contribution in [2.75, 3.05) is 25.6 Å². The van der Waals surface area contributed by atoms with E-state index in [4.69, 9.17) is 19.9 Å². The van der Waals surface area contributed by atoms with Crippen LogP contribution in [0.25, 0.3) is 0 Å². The van der Waals surface area contributed by atoms with Crippen LogP contribution in [0.3, 0.4) is 0 Å². The van der Waals surface area contributed by atoms with Crippen molar-refractivity contribution in [2.45, 2.75) is 70.4 Å².